The van der Waals surface area contributed by atoms with Crippen LogP contribution in [0, 0.1) is 6.92 Å². The number of aliphatic hydroxyl groups is 1. The number of hydrogen-bond donors (Lipinski definition) is 1. The quantitative estimate of drug-likeness (QED) is 0.844. The van der Waals surface area contributed by atoms with Gasteiger partial charge in [-0.25, -0.2) is 0 Å². The largest absolute Gasteiger partial charge is 0.485 e. The maximum atomic E-state index is 10.2. The first-order chi connectivity index (χ1) is 9.15. The van der Waals surface area contributed by atoms with Gasteiger partial charge in [-0.3, -0.25) is 0 Å². The van der Waals surface area contributed by atoms with E-state index in [0.717, 1.165) is 27.5 Å². The molecule has 3 rings (SSSR count). The van der Waals surface area contributed by atoms with Gasteiger partial charge in [0.2, 0.25) is 0 Å². The van der Waals surface area contributed by atoms with Gasteiger partial charge in [-0.05, 0) is 36.2 Å². The molecule has 0 fully saturated rings. The molecule has 0 saturated heterocycles. The van der Waals surface area contributed by atoms with Crippen LogP contribution in [-0.2, 0) is 0 Å². The van der Waals surface area contributed by atoms with Gasteiger partial charge in [0, 0.05) is 17.0 Å². The van der Waals surface area contributed by atoms with Crippen molar-refractivity contribution in [2.45, 2.75) is 25.6 Å². The molecule has 98 valence electrons. The van der Waals surface area contributed by atoms with Crippen molar-refractivity contribution < 1.29 is 9.84 Å². The van der Waals surface area contributed by atoms with E-state index in [0.29, 0.717) is 6.42 Å². The highest BCUT2D eigenvalue weighted by atomic mass is 35.5. The minimum absolute atomic E-state index is 0.123. The molecule has 3 heteroatoms. The van der Waals surface area contributed by atoms with Crippen LogP contribution < -0.4 is 4.74 Å². The van der Waals surface area contributed by atoms with E-state index in [1.807, 2.05) is 49.4 Å². The zero-order valence-corrected chi connectivity index (χ0v) is 11.4. The lowest BCUT2D eigenvalue weighted by Crippen LogP contribution is -2.19. The Labute approximate surface area is 117 Å². The number of rotatable bonds is 1. The molecule has 0 bridgehead atoms. The summed E-state index contributed by atoms with van der Waals surface area (Å²) in [7, 11) is 0. The minimum atomic E-state index is -0.481. The maximum absolute atomic E-state index is 10.2. The first-order valence-electron chi connectivity index (χ1n) is 6.35. The van der Waals surface area contributed by atoms with Crippen LogP contribution in [0.25, 0.3) is 0 Å². The molecule has 1 aliphatic heterocycles. The van der Waals surface area contributed by atoms with Crippen molar-refractivity contribution in [1.82, 2.24) is 0 Å². The van der Waals surface area contributed by atoms with Crippen LogP contribution in [0.2, 0.25) is 5.02 Å². The van der Waals surface area contributed by atoms with Crippen LogP contribution >= 0.6 is 11.6 Å². The number of aliphatic hydroxyl groups excluding tert-OH is 1. The number of ether oxygens (including phenoxy) is 1. The van der Waals surface area contributed by atoms with E-state index < -0.39 is 6.10 Å². The summed E-state index contributed by atoms with van der Waals surface area (Å²) in [6.07, 6.45) is -0.0355. The van der Waals surface area contributed by atoms with Gasteiger partial charge in [0.25, 0.3) is 0 Å². The van der Waals surface area contributed by atoms with E-state index in [9.17, 15) is 5.11 Å². The Balaban J connectivity index is 1.97. The molecule has 0 spiro atoms. The number of para-hydroxylation sites is 1. The third-order valence-corrected chi connectivity index (χ3v) is 3.80. The molecule has 19 heavy (non-hydrogen) atoms. The number of benzene rings is 2. The SMILES string of the molecule is Cc1cc(Cl)ccc1C1CC(O)c2ccccc2O1. The zero-order valence-electron chi connectivity index (χ0n) is 10.6. The lowest BCUT2D eigenvalue weighted by molar-refractivity contribution is 0.0655. The Kier molecular flexibility index (Phi) is 3.21. The van der Waals surface area contributed by atoms with Crippen molar-refractivity contribution in [3.63, 3.8) is 0 Å². The van der Waals surface area contributed by atoms with Gasteiger partial charge < -0.3 is 9.84 Å². The van der Waals surface area contributed by atoms with Gasteiger partial charge in [-0.1, -0.05) is 35.9 Å². The number of halogens is 1. The predicted molar refractivity (Wildman–Crippen MR) is 75.6 cm³/mol. The molecule has 1 heterocycles. The smallest absolute Gasteiger partial charge is 0.127 e. The second kappa shape index (κ2) is 4.87. The van der Waals surface area contributed by atoms with E-state index in [2.05, 4.69) is 0 Å². The van der Waals surface area contributed by atoms with Crippen LogP contribution in [0.3, 0.4) is 0 Å². The van der Waals surface area contributed by atoms with Crippen molar-refractivity contribution >= 4 is 11.6 Å². The monoisotopic (exact) mass is 274 g/mol. The Morgan fingerprint density at radius 2 is 1.95 bits per heavy atom. The maximum Gasteiger partial charge on any atom is 0.127 e. The summed E-state index contributed by atoms with van der Waals surface area (Å²) in [5.74, 6) is 0.764. The summed E-state index contributed by atoms with van der Waals surface area (Å²) in [6, 6.07) is 13.4. The summed E-state index contributed by atoms with van der Waals surface area (Å²) in [4.78, 5) is 0. The van der Waals surface area contributed by atoms with E-state index in [-0.39, 0.29) is 6.10 Å². The molecular formula is C16H15ClO2. The molecule has 2 atom stereocenters. The van der Waals surface area contributed by atoms with E-state index >= 15 is 0 Å². The molecule has 2 unspecified atom stereocenters. The fraction of sp³-hybridized carbons (Fsp3) is 0.250. The first kappa shape index (κ1) is 12.5. The van der Waals surface area contributed by atoms with Gasteiger partial charge in [-0.2, -0.15) is 0 Å². The van der Waals surface area contributed by atoms with Crippen molar-refractivity contribution in [3.8, 4) is 5.75 Å². The third-order valence-electron chi connectivity index (χ3n) is 3.56. The molecule has 0 aliphatic carbocycles. The summed E-state index contributed by atoms with van der Waals surface area (Å²) in [6.45, 7) is 2.01. The summed E-state index contributed by atoms with van der Waals surface area (Å²) in [5.41, 5.74) is 3.03. The van der Waals surface area contributed by atoms with E-state index in [1.54, 1.807) is 0 Å². The zero-order chi connectivity index (χ0) is 13.4. The average Bonchev–Trinajstić information content (AvgIpc) is 2.38. The van der Waals surface area contributed by atoms with Crippen LogP contribution in [0.5, 0.6) is 5.75 Å². The third kappa shape index (κ3) is 2.34. The van der Waals surface area contributed by atoms with Gasteiger partial charge in [0.15, 0.2) is 0 Å². The Morgan fingerprint density at radius 3 is 2.74 bits per heavy atom. The Bertz CT molecular complexity index is 609. The average molecular weight is 275 g/mol. The van der Waals surface area contributed by atoms with E-state index in [4.69, 9.17) is 16.3 Å². The molecule has 1 aliphatic rings. The molecule has 0 aromatic heterocycles. The van der Waals surface area contributed by atoms with Crippen molar-refractivity contribution in [2.75, 3.05) is 0 Å². The van der Waals surface area contributed by atoms with Gasteiger partial charge in [0.1, 0.15) is 11.9 Å². The minimum Gasteiger partial charge on any atom is -0.485 e. The highest BCUT2D eigenvalue weighted by molar-refractivity contribution is 6.30. The van der Waals surface area contributed by atoms with Crippen molar-refractivity contribution in [1.29, 1.82) is 0 Å². The van der Waals surface area contributed by atoms with Crippen LogP contribution in [-0.4, -0.2) is 5.11 Å². The Hall–Kier alpha value is -1.51. The molecule has 2 nitrogen and oxygen atoms in total. The van der Waals surface area contributed by atoms with Crippen LogP contribution in [0.15, 0.2) is 42.5 Å². The fourth-order valence-electron chi connectivity index (χ4n) is 2.59. The van der Waals surface area contributed by atoms with Crippen molar-refractivity contribution in [2.24, 2.45) is 0 Å². The summed E-state index contributed by atoms with van der Waals surface area (Å²) in [5, 5.41) is 11.0. The van der Waals surface area contributed by atoms with Crippen LogP contribution in [0.4, 0.5) is 0 Å². The Morgan fingerprint density at radius 1 is 1.16 bits per heavy atom. The molecular weight excluding hydrogens is 260 g/mol. The summed E-state index contributed by atoms with van der Waals surface area (Å²) >= 11 is 5.98. The second-order valence-electron chi connectivity index (χ2n) is 4.90. The fourth-order valence-corrected chi connectivity index (χ4v) is 2.81. The molecule has 0 radical (unpaired) electrons. The lowest BCUT2D eigenvalue weighted by Gasteiger charge is -2.30. The molecule has 2 aromatic rings. The van der Waals surface area contributed by atoms with Gasteiger partial charge in [-0.15, -0.1) is 0 Å². The van der Waals surface area contributed by atoms with Gasteiger partial charge in [0.05, 0.1) is 6.10 Å². The highest BCUT2D eigenvalue weighted by Crippen LogP contribution is 2.41. The number of aryl methyl sites for hydroxylation is 1. The molecule has 1 N–H and O–H groups in total. The number of fused-ring (bicyclic) bond motifs is 1. The highest BCUT2D eigenvalue weighted by Gasteiger charge is 2.28. The van der Waals surface area contributed by atoms with E-state index in [1.165, 1.54) is 0 Å². The number of hydrogen-bond acceptors (Lipinski definition) is 2. The topological polar surface area (TPSA) is 29.5 Å². The molecule has 0 amide bonds. The molecule has 2 aromatic carbocycles. The van der Waals surface area contributed by atoms with Gasteiger partial charge >= 0.3 is 0 Å². The second-order valence-corrected chi connectivity index (χ2v) is 5.33. The van der Waals surface area contributed by atoms with Crippen molar-refractivity contribution in [3.05, 3.63) is 64.2 Å². The normalized spacial score (nSPS) is 21.6. The standard InChI is InChI=1S/C16H15ClO2/c1-10-8-11(17)6-7-12(10)16-9-14(18)13-4-2-3-5-15(13)19-16/h2-8,14,16,18H,9H2,1H3. The molecule has 0 saturated carbocycles. The summed E-state index contributed by atoms with van der Waals surface area (Å²) < 4.78 is 6.01. The first-order valence-corrected chi connectivity index (χ1v) is 6.72. The van der Waals surface area contributed by atoms with Crippen LogP contribution in [0.1, 0.15) is 35.3 Å². The predicted octanol–water partition coefficient (Wildman–Crippen LogP) is 4.21. The lowest BCUT2D eigenvalue weighted by atomic mass is 9.93.